The number of anilines is 1. The lowest BCUT2D eigenvalue weighted by Crippen LogP contribution is -2.20. The molecule has 0 saturated heterocycles. The lowest BCUT2D eigenvalue weighted by molar-refractivity contribution is -0.118. The second-order valence-corrected chi connectivity index (χ2v) is 6.79. The predicted molar refractivity (Wildman–Crippen MR) is 98.6 cm³/mol. The first-order valence-corrected chi connectivity index (χ1v) is 8.67. The number of carbonyl (C=O) groups excluding carboxylic acids is 1. The number of carbonyl (C=O) groups is 1. The molecule has 0 bridgehead atoms. The Morgan fingerprint density at radius 1 is 1.09 bits per heavy atom. The van der Waals surface area contributed by atoms with Gasteiger partial charge in [-0.05, 0) is 46.9 Å². The molecule has 23 heavy (non-hydrogen) atoms. The van der Waals surface area contributed by atoms with Gasteiger partial charge < -0.3 is 4.74 Å². The van der Waals surface area contributed by atoms with Crippen LogP contribution in [0.4, 0.5) is 5.13 Å². The van der Waals surface area contributed by atoms with Gasteiger partial charge >= 0.3 is 0 Å². The average Bonchev–Trinajstić information content (AvgIpc) is 3.04. The van der Waals surface area contributed by atoms with E-state index in [1.165, 1.54) is 11.3 Å². The minimum atomic E-state index is -0.265. The first-order valence-electron chi connectivity index (χ1n) is 6.78. The van der Waals surface area contributed by atoms with E-state index in [-0.39, 0.29) is 12.5 Å². The smallest absolute Gasteiger partial charge is 0.264 e. The van der Waals surface area contributed by atoms with Crippen molar-refractivity contribution < 1.29 is 9.53 Å². The number of hydrogen-bond acceptors (Lipinski definition) is 5. The second-order valence-electron chi connectivity index (χ2n) is 4.57. The van der Waals surface area contributed by atoms with E-state index in [2.05, 4.69) is 38.1 Å². The molecule has 1 amide bonds. The molecule has 0 saturated carbocycles. The third-order valence-electron chi connectivity index (χ3n) is 2.88. The number of amides is 1. The highest BCUT2D eigenvalue weighted by Gasteiger charge is 2.10. The molecule has 116 valence electrons. The largest absolute Gasteiger partial charge is 0.484 e. The first-order chi connectivity index (χ1) is 11.2. The Kier molecular flexibility index (Phi) is 5.19. The summed E-state index contributed by atoms with van der Waals surface area (Å²) in [6.45, 7) is -0.0686. The molecule has 0 aliphatic carbocycles. The van der Waals surface area contributed by atoms with Crippen LogP contribution in [0.5, 0.6) is 5.75 Å². The molecule has 3 aromatic rings. The number of benzene rings is 2. The molecule has 0 atom stereocenters. The highest BCUT2D eigenvalue weighted by molar-refractivity contribution is 14.1. The molecule has 5 nitrogen and oxygen atoms in total. The number of halogens is 1. The normalized spacial score (nSPS) is 10.3. The number of aromatic nitrogens is 2. The van der Waals surface area contributed by atoms with Gasteiger partial charge in [-0.3, -0.25) is 10.1 Å². The SMILES string of the molecule is O=C(COc1ccc(I)cc1)Nc1nnc(-c2ccccc2)s1. The van der Waals surface area contributed by atoms with Crippen LogP contribution in [0.1, 0.15) is 0 Å². The molecule has 1 N–H and O–H groups in total. The van der Waals surface area contributed by atoms with Gasteiger partial charge in [0, 0.05) is 9.13 Å². The molecule has 1 heterocycles. The summed E-state index contributed by atoms with van der Waals surface area (Å²) in [5.41, 5.74) is 0.973. The molecule has 0 unspecified atom stereocenters. The lowest BCUT2D eigenvalue weighted by atomic mass is 10.2. The monoisotopic (exact) mass is 437 g/mol. The number of nitrogens with zero attached hydrogens (tertiary/aromatic N) is 2. The van der Waals surface area contributed by atoms with E-state index < -0.39 is 0 Å². The quantitative estimate of drug-likeness (QED) is 0.617. The van der Waals surface area contributed by atoms with Crippen LogP contribution in [0.25, 0.3) is 10.6 Å². The molecule has 1 aromatic heterocycles. The zero-order chi connectivity index (χ0) is 16.1. The molecular weight excluding hydrogens is 425 g/mol. The maximum absolute atomic E-state index is 11.9. The van der Waals surface area contributed by atoms with Gasteiger partial charge in [-0.1, -0.05) is 41.7 Å². The fourth-order valence-corrected chi connectivity index (χ4v) is 2.93. The Morgan fingerprint density at radius 2 is 1.83 bits per heavy atom. The summed E-state index contributed by atoms with van der Waals surface area (Å²) in [5.74, 6) is 0.391. The van der Waals surface area contributed by atoms with Gasteiger partial charge in [0.15, 0.2) is 6.61 Å². The van der Waals surface area contributed by atoms with Crippen molar-refractivity contribution in [3.63, 3.8) is 0 Å². The second kappa shape index (κ2) is 7.51. The van der Waals surface area contributed by atoms with Gasteiger partial charge in [-0.25, -0.2) is 0 Å². The molecule has 0 spiro atoms. The molecule has 2 aromatic carbocycles. The lowest BCUT2D eigenvalue weighted by Gasteiger charge is -2.05. The Morgan fingerprint density at radius 3 is 2.57 bits per heavy atom. The molecule has 7 heteroatoms. The summed E-state index contributed by atoms with van der Waals surface area (Å²) in [6, 6.07) is 17.2. The van der Waals surface area contributed by atoms with E-state index in [1.807, 2.05) is 54.6 Å². The Balaban J connectivity index is 1.56. The van der Waals surface area contributed by atoms with Crippen molar-refractivity contribution in [1.29, 1.82) is 0 Å². The van der Waals surface area contributed by atoms with Gasteiger partial charge in [0.2, 0.25) is 5.13 Å². The van der Waals surface area contributed by atoms with Crippen LogP contribution >= 0.6 is 33.9 Å². The molecule has 0 fully saturated rings. The van der Waals surface area contributed by atoms with Gasteiger partial charge in [-0.2, -0.15) is 0 Å². The summed E-state index contributed by atoms with van der Waals surface area (Å²) >= 11 is 3.54. The summed E-state index contributed by atoms with van der Waals surface area (Å²) in [6.07, 6.45) is 0. The van der Waals surface area contributed by atoms with E-state index in [4.69, 9.17) is 4.74 Å². The van der Waals surface area contributed by atoms with Crippen LogP contribution < -0.4 is 10.1 Å². The Hall–Kier alpha value is -2.00. The van der Waals surface area contributed by atoms with E-state index in [9.17, 15) is 4.79 Å². The zero-order valence-electron chi connectivity index (χ0n) is 11.9. The van der Waals surface area contributed by atoms with Crippen molar-refractivity contribution >= 4 is 45.0 Å². The summed E-state index contributed by atoms with van der Waals surface area (Å²) in [5, 5.41) is 12.0. The molecule has 0 aliphatic rings. The van der Waals surface area contributed by atoms with Crippen molar-refractivity contribution in [2.24, 2.45) is 0 Å². The highest BCUT2D eigenvalue weighted by atomic mass is 127. The van der Waals surface area contributed by atoms with Crippen LogP contribution in [-0.2, 0) is 4.79 Å². The number of ether oxygens (including phenoxy) is 1. The summed E-state index contributed by atoms with van der Waals surface area (Å²) < 4.78 is 6.54. The molecule has 3 rings (SSSR count). The van der Waals surface area contributed by atoms with E-state index in [0.29, 0.717) is 10.9 Å². The third-order valence-corrected chi connectivity index (χ3v) is 4.48. The topological polar surface area (TPSA) is 64.1 Å². The van der Waals surface area contributed by atoms with Crippen LogP contribution in [0.15, 0.2) is 54.6 Å². The zero-order valence-corrected chi connectivity index (χ0v) is 14.9. The highest BCUT2D eigenvalue weighted by Crippen LogP contribution is 2.25. The van der Waals surface area contributed by atoms with Crippen LogP contribution in [0, 0.1) is 3.57 Å². The van der Waals surface area contributed by atoms with Gasteiger partial charge in [0.25, 0.3) is 5.91 Å². The standard InChI is InChI=1S/C16H12IN3O2S/c17-12-6-8-13(9-7-12)22-10-14(21)18-16-20-19-15(23-16)11-4-2-1-3-5-11/h1-9H,10H2,(H,18,20,21). The molecule has 0 radical (unpaired) electrons. The number of rotatable bonds is 5. The van der Waals surface area contributed by atoms with Gasteiger partial charge in [0.1, 0.15) is 10.8 Å². The fraction of sp³-hybridized carbons (Fsp3) is 0.0625. The van der Waals surface area contributed by atoms with Crippen molar-refractivity contribution in [1.82, 2.24) is 10.2 Å². The van der Waals surface area contributed by atoms with E-state index >= 15 is 0 Å². The predicted octanol–water partition coefficient (Wildman–Crippen LogP) is 3.83. The average molecular weight is 437 g/mol. The van der Waals surface area contributed by atoms with Crippen LogP contribution in [-0.4, -0.2) is 22.7 Å². The maximum Gasteiger partial charge on any atom is 0.264 e. The summed E-state index contributed by atoms with van der Waals surface area (Å²) in [4.78, 5) is 11.9. The summed E-state index contributed by atoms with van der Waals surface area (Å²) in [7, 11) is 0. The van der Waals surface area contributed by atoms with Crippen molar-refractivity contribution in [2.75, 3.05) is 11.9 Å². The molecule has 0 aliphatic heterocycles. The maximum atomic E-state index is 11.9. The first kappa shape index (κ1) is 15.9. The van der Waals surface area contributed by atoms with E-state index in [1.54, 1.807) is 0 Å². The van der Waals surface area contributed by atoms with Crippen LogP contribution in [0.3, 0.4) is 0 Å². The third kappa shape index (κ3) is 4.49. The van der Waals surface area contributed by atoms with E-state index in [0.717, 1.165) is 14.1 Å². The molecular formula is C16H12IN3O2S. The minimum absolute atomic E-state index is 0.0686. The van der Waals surface area contributed by atoms with Gasteiger partial charge in [0.05, 0.1) is 0 Å². The van der Waals surface area contributed by atoms with Gasteiger partial charge in [-0.15, -0.1) is 10.2 Å². The fourth-order valence-electron chi connectivity index (χ4n) is 1.81. The number of hydrogen-bond donors (Lipinski definition) is 1. The minimum Gasteiger partial charge on any atom is -0.484 e. The van der Waals surface area contributed by atoms with Crippen molar-refractivity contribution in [3.8, 4) is 16.3 Å². The van der Waals surface area contributed by atoms with Crippen molar-refractivity contribution in [2.45, 2.75) is 0 Å². The van der Waals surface area contributed by atoms with Crippen molar-refractivity contribution in [3.05, 3.63) is 58.2 Å². The Bertz CT molecular complexity index is 791. The number of nitrogens with one attached hydrogen (secondary N) is 1. The van der Waals surface area contributed by atoms with Crippen LogP contribution in [0.2, 0.25) is 0 Å². The Labute approximate surface area is 150 Å².